The van der Waals surface area contributed by atoms with Gasteiger partial charge in [0, 0.05) is 81.9 Å². The van der Waals surface area contributed by atoms with Crippen molar-refractivity contribution in [2.75, 3.05) is 68.9 Å². The fraction of sp³-hybridized carbons (Fsp3) is 0.562. The van der Waals surface area contributed by atoms with Gasteiger partial charge in [-0.2, -0.15) is 0 Å². The van der Waals surface area contributed by atoms with E-state index < -0.39 is 113 Å². The molecule has 10 atom stereocenters. The number of nitrogens with one attached hydrogen (secondary N) is 5. The number of primary amides is 1. The minimum Gasteiger partial charge on any atom is -0.495 e. The maximum atomic E-state index is 14.7. The number of amides is 7. The van der Waals surface area contributed by atoms with E-state index in [1.165, 1.54) is 58.5 Å². The van der Waals surface area contributed by atoms with E-state index in [0.29, 0.717) is 66.1 Å². The van der Waals surface area contributed by atoms with Crippen molar-refractivity contribution in [2.45, 2.75) is 158 Å². The third-order valence-corrected chi connectivity index (χ3v) is 19.6. The average molecular weight is 1430 g/mol. The summed E-state index contributed by atoms with van der Waals surface area (Å²) in [7, 11) is 5.78. The molecular weight excluding hydrogens is 1350 g/mol. The smallest absolute Gasteiger partial charge is 0.409 e. The molecule has 28 heteroatoms. The van der Waals surface area contributed by atoms with Crippen molar-refractivity contribution in [3.8, 4) is 5.75 Å². The van der Waals surface area contributed by atoms with Gasteiger partial charge in [-0.1, -0.05) is 94.5 Å². The van der Waals surface area contributed by atoms with Gasteiger partial charge in [0.25, 0.3) is 5.91 Å². The van der Waals surface area contributed by atoms with E-state index in [0.717, 1.165) is 22.3 Å². The number of halogens is 3. The van der Waals surface area contributed by atoms with E-state index in [4.69, 9.17) is 45.8 Å². The number of nitrogens with two attached hydrogens (primary N) is 1. The van der Waals surface area contributed by atoms with Crippen molar-refractivity contribution >= 4 is 120 Å². The number of hydrogen-bond donors (Lipinski definition) is 7. The maximum absolute atomic E-state index is 14.7. The van der Waals surface area contributed by atoms with E-state index in [-0.39, 0.29) is 66.5 Å². The number of fused-ring (bicyclic) bond motifs is 6. The summed E-state index contributed by atoms with van der Waals surface area (Å²) in [6.07, 6.45) is 4.98. The van der Waals surface area contributed by atoms with Crippen LogP contribution in [0.4, 0.5) is 21.0 Å². The quantitative estimate of drug-likeness (QED) is 0.0130. The second-order valence-corrected chi connectivity index (χ2v) is 25.7. The summed E-state index contributed by atoms with van der Waals surface area (Å²) >= 11 is 13.5. The highest BCUT2D eigenvalue weighted by Gasteiger charge is 2.64. The number of carbonyl (C=O) groups is 9. The molecule has 3 aliphatic rings. The number of allylic oxidation sites excluding steroid dienone is 3. The number of anilines is 2. The normalized spacial score (nSPS) is 24.0. The van der Waals surface area contributed by atoms with Crippen LogP contribution in [-0.4, -0.2) is 187 Å². The Kier molecular flexibility index (Phi) is 26.7. The molecule has 8 N–H and O–H groups in total. The zero-order valence-corrected chi connectivity index (χ0v) is 57.5. The van der Waals surface area contributed by atoms with E-state index in [9.17, 15) is 48.3 Å². The van der Waals surface area contributed by atoms with Crippen LogP contribution >= 0.6 is 43.5 Å². The van der Waals surface area contributed by atoms with Gasteiger partial charge in [-0.25, -0.2) is 14.4 Å². The molecule has 0 spiro atoms. The predicted molar refractivity (Wildman–Crippen MR) is 352 cm³/mol. The Morgan fingerprint density at radius 1 is 1.05 bits per heavy atom. The number of benzene rings is 2. The summed E-state index contributed by atoms with van der Waals surface area (Å²) in [6, 6.07) is 6.65. The van der Waals surface area contributed by atoms with Crippen molar-refractivity contribution in [3.63, 3.8) is 0 Å². The number of aromatic nitrogens is 1. The zero-order valence-electron chi connectivity index (χ0n) is 53.6. The third-order valence-electron chi connectivity index (χ3n) is 17.4. The number of methoxy groups -OCH3 is 2. The number of aldehydes is 2. The van der Waals surface area contributed by atoms with Gasteiger partial charge in [0.05, 0.1) is 48.1 Å². The number of epoxide rings is 1. The summed E-state index contributed by atoms with van der Waals surface area (Å²) < 4.78 is 35.5. The number of likely N-dealkylation sites (N-methyl/N-ethyl adjacent to an activating group) is 1. The Labute approximate surface area is 557 Å². The third kappa shape index (κ3) is 18.2. The fourth-order valence-electron chi connectivity index (χ4n) is 11.1. The molecule has 2 aromatic carbocycles. The molecule has 6 rings (SSSR count). The van der Waals surface area contributed by atoms with Gasteiger partial charge in [0.15, 0.2) is 12.0 Å². The van der Waals surface area contributed by atoms with Gasteiger partial charge in [0.2, 0.25) is 17.7 Å². The Balaban J connectivity index is 1.22. The van der Waals surface area contributed by atoms with Crippen LogP contribution in [0.25, 0.3) is 10.9 Å². The van der Waals surface area contributed by atoms with Gasteiger partial charge >= 0.3 is 18.1 Å². The second-order valence-electron chi connectivity index (χ2n) is 24.2. The maximum Gasteiger partial charge on any atom is 0.409 e. The van der Waals surface area contributed by atoms with Crippen LogP contribution in [0.5, 0.6) is 5.75 Å². The lowest BCUT2D eigenvalue weighted by atomic mass is 9.83. The van der Waals surface area contributed by atoms with Crippen molar-refractivity contribution in [1.29, 1.82) is 0 Å². The number of ether oxygens (including phenoxy) is 6. The summed E-state index contributed by atoms with van der Waals surface area (Å²) in [4.78, 5) is 128. The van der Waals surface area contributed by atoms with Crippen molar-refractivity contribution in [1.82, 2.24) is 31.2 Å². The van der Waals surface area contributed by atoms with Crippen LogP contribution < -0.4 is 42.0 Å². The fourth-order valence-corrected chi connectivity index (χ4v) is 13.0. The Hall–Kier alpha value is -6.59. The molecule has 0 unspecified atom stereocenters. The molecule has 0 saturated carbocycles. The molecule has 4 bridgehead atoms. The Morgan fingerprint density at radius 2 is 1.78 bits per heavy atom. The van der Waals surface area contributed by atoms with Gasteiger partial charge in [-0.15, -0.1) is 0 Å². The molecule has 4 heterocycles. The minimum atomic E-state index is -1.93. The number of nitrogens with zero attached hydrogens (tertiary/aromatic N) is 3. The first kappa shape index (κ1) is 74.4. The highest BCUT2D eigenvalue weighted by molar-refractivity contribution is 9.10. The zero-order chi connectivity index (χ0) is 67.9. The van der Waals surface area contributed by atoms with Crippen LogP contribution in [0.15, 0.2) is 66.4 Å². The molecule has 25 nitrogen and oxygen atoms in total. The Morgan fingerprint density at radius 3 is 2.43 bits per heavy atom. The van der Waals surface area contributed by atoms with E-state index in [1.807, 2.05) is 13.0 Å². The van der Waals surface area contributed by atoms with Gasteiger partial charge < -0.3 is 79.9 Å². The minimum absolute atomic E-state index is 0.0481. The molecule has 0 aliphatic carbocycles. The first-order chi connectivity index (χ1) is 43.6. The molecule has 2 saturated heterocycles. The topological polar surface area (TPSA) is 338 Å². The summed E-state index contributed by atoms with van der Waals surface area (Å²) in [6.45, 7) is 10.6. The summed E-state index contributed by atoms with van der Waals surface area (Å²) in [5.41, 5.74) is 1.96. The van der Waals surface area contributed by atoms with Gasteiger partial charge in [0.1, 0.15) is 58.2 Å². The largest absolute Gasteiger partial charge is 0.495 e. The number of pyridine rings is 1. The predicted octanol–water partition coefficient (Wildman–Crippen LogP) is 6.74. The molecule has 504 valence electrons. The average Bonchev–Trinajstić information content (AvgIpc) is 1.56. The summed E-state index contributed by atoms with van der Waals surface area (Å²) in [5.74, 6) is -3.83. The van der Waals surface area contributed by atoms with E-state index in [1.54, 1.807) is 64.1 Å². The van der Waals surface area contributed by atoms with Crippen LogP contribution in [0, 0.1) is 11.8 Å². The monoisotopic (exact) mass is 1430 g/mol. The highest BCUT2D eigenvalue weighted by Crippen LogP contribution is 2.49. The molecule has 92 heavy (non-hydrogen) atoms. The lowest BCUT2D eigenvalue weighted by Crippen LogP contribution is -2.63. The number of urea groups is 1. The Bertz CT molecular complexity index is 3250. The number of unbranched alkanes of at least 4 members (excludes halogenated alkanes) is 2. The molecular formula is C64H86Br2ClN9O16. The lowest BCUT2D eigenvalue weighted by Gasteiger charge is -2.42. The van der Waals surface area contributed by atoms with E-state index >= 15 is 0 Å². The number of rotatable bonds is 28. The second kappa shape index (κ2) is 33.0. The number of esters is 1. The first-order valence-electron chi connectivity index (χ1n) is 30.4. The highest BCUT2D eigenvalue weighted by atomic mass is 79.9. The number of alkyl halides is 2. The molecule has 0 radical (unpaired) electrons. The SMILES string of the molecule is COc1cc2cc(c1Cl)N(C)C(=O)C[C@H](OC(=O)[C@H](C)N(C)C(=O)c1ccc(NC(=O)[C@H](CCCNC(N)=O)NC[C@](C=O)(NC(=O)CCCCCOC(C=O)(CBr)CBr)C(C)C)c3cccnc13)[C@]1(C)O[C@H]1[C@H](C)[C@@H]1C[C@@](O)(NC(=O)O1)[C@H](OC)/C=C/C=C(\C)C2. The number of hydrogen-bond acceptors (Lipinski definition) is 18. The van der Waals surface area contributed by atoms with Crippen LogP contribution in [0.1, 0.15) is 109 Å². The van der Waals surface area contributed by atoms with Gasteiger partial charge in [-0.3, -0.25) is 29.5 Å². The lowest BCUT2D eigenvalue weighted by molar-refractivity contribution is -0.158. The standard InChI is InChI=1S/C64H86Br2ClN9O16/c1-37(2)63(36-78,73-51(79)21-12-11-13-26-89-62(32-65,33-66)35-77)34-71-45(19-16-25-70-59(68)84)56(81)72-44-23-22-43(54-42(44)18-15-24-69-54)57(82)75(7)40(5)58(83)91-50-30-52(80)76(8)46-28-41(29-47(87-9)53(46)67)27-38(3)17-14-20-49(88-10)64(86)31-48(90-60(85)74-64)39(4)55-61(50,6)92-55/h14-15,17-18,20,22-24,28-29,35-37,39-40,45,48-50,55,71,86H,11-13,16,19,21,25-27,30-34H2,1-10H3,(H,72,81)(H,73,79)(H,74,85)(H3,68,70,84)/b20-14+,38-17+/t39-,40+,45+,48+,49-,50+,55+,61+,63-,64+/m1/s1. The van der Waals surface area contributed by atoms with Crippen LogP contribution in [0.3, 0.4) is 0 Å². The number of aliphatic hydroxyl groups is 1. The van der Waals surface area contributed by atoms with Crippen molar-refractivity contribution < 1.29 is 76.7 Å². The molecule has 7 amide bonds. The van der Waals surface area contributed by atoms with Crippen LogP contribution in [-0.2, 0) is 58.9 Å². The van der Waals surface area contributed by atoms with Crippen molar-refractivity contribution in [3.05, 3.63) is 82.5 Å². The molecule has 1 aromatic heterocycles. The van der Waals surface area contributed by atoms with Crippen molar-refractivity contribution in [2.24, 2.45) is 17.6 Å². The summed E-state index contributed by atoms with van der Waals surface area (Å²) in [5, 5.41) is 27.2. The number of alkyl carbamates (subject to hydrolysis) is 1. The number of carbonyl (C=O) groups excluding carboxylic acids is 9. The van der Waals surface area contributed by atoms with E-state index in [2.05, 4.69) is 63.4 Å². The molecule has 3 aromatic rings. The molecule has 3 aliphatic heterocycles. The molecule has 2 fully saturated rings. The first-order valence-corrected chi connectivity index (χ1v) is 33.0. The van der Waals surface area contributed by atoms with Crippen LogP contribution in [0.2, 0.25) is 5.02 Å². The van der Waals surface area contributed by atoms with Gasteiger partial charge in [-0.05, 0) is 101 Å².